The van der Waals surface area contributed by atoms with Crippen molar-refractivity contribution in [1.82, 2.24) is 0 Å². The lowest BCUT2D eigenvalue weighted by atomic mass is 10.2. The molecule has 0 atom stereocenters. The standard InChI is InChI=1S/C13H13BrN2O2/c1-8-4-9(14)6-10(5-8)16-13(17)12-3-2-11(7-15)18-12/h2-6H,7,15H2,1H3,(H,16,17). The summed E-state index contributed by atoms with van der Waals surface area (Å²) < 4.78 is 6.20. The molecule has 0 fully saturated rings. The van der Waals surface area contributed by atoms with Crippen LogP contribution in [0.15, 0.2) is 39.2 Å². The average Bonchev–Trinajstić information content (AvgIpc) is 2.75. The first-order valence-electron chi connectivity index (χ1n) is 5.46. The zero-order valence-electron chi connectivity index (χ0n) is 9.87. The summed E-state index contributed by atoms with van der Waals surface area (Å²) in [6.45, 7) is 2.24. The van der Waals surface area contributed by atoms with Gasteiger partial charge in [-0.25, -0.2) is 0 Å². The summed E-state index contributed by atoms with van der Waals surface area (Å²) in [7, 11) is 0. The van der Waals surface area contributed by atoms with Crippen molar-refractivity contribution in [2.75, 3.05) is 5.32 Å². The lowest BCUT2D eigenvalue weighted by Gasteiger charge is -2.05. The number of amides is 1. The van der Waals surface area contributed by atoms with Gasteiger partial charge < -0.3 is 15.5 Å². The van der Waals surface area contributed by atoms with E-state index in [1.807, 2.05) is 25.1 Å². The second-order valence-electron chi connectivity index (χ2n) is 3.94. The monoisotopic (exact) mass is 308 g/mol. The van der Waals surface area contributed by atoms with E-state index in [1.54, 1.807) is 12.1 Å². The molecule has 0 saturated carbocycles. The Morgan fingerprint density at radius 3 is 2.78 bits per heavy atom. The Balaban J connectivity index is 2.15. The van der Waals surface area contributed by atoms with E-state index in [0.29, 0.717) is 5.76 Å². The molecule has 0 radical (unpaired) electrons. The fraction of sp³-hybridized carbons (Fsp3) is 0.154. The molecule has 94 valence electrons. The van der Waals surface area contributed by atoms with Gasteiger partial charge in [-0.1, -0.05) is 15.9 Å². The Labute approximate surface area is 113 Å². The number of anilines is 1. The summed E-state index contributed by atoms with van der Waals surface area (Å²) in [5.74, 6) is 0.561. The molecular weight excluding hydrogens is 296 g/mol. The van der Waals surface area contributed by atoms with Crippen LogP contribution in [0, 0.1) is 6.92 Å². The van der Waals surface area contributed by atoms with Gasteiger partial charge >= 0.3 is 0 Å². The number of furan rings is 1. The maximum absolute atomic E-state index is 11.9. The molecule has 0 aliphatic heterocycles. The van der Waals surface area contributed by atoms with E-state index in [9.17, 15) is 4.79 Å². The van der Waals surface area contributed by atoms with E-state index in [-0.39, 0.29) is 18.2 Å². The fourth-order valence-corrected chi connectivity index (χ4v) is 2.22. The molecular formula is C13H13BrN2O2. The Bertz CT molecular complexity index is 558. The van der Waals surface area contributed by atoms with Crippen LogP contribution in [0.5, 0.6) is 0 Å². The van der Waals surface area contributed by atoms with Crippen molar-refractivity contribution in [1.29, 1.82) is 0 Å². The van der Waals surface area contributed by atoms with Crippen molar-refractivity contribution in [3.8, 4) is 0 Å². The molecule has 2 rings (SSSR count). The van der Waals surface area contributed by atoms with Crippen LogP contribution in [0.4, 0.5) is 5.69 Å². The van der Waals surface area contributed by atoms with Crippen LogP contribution in [0.25, 0.3) is 0 Å². The lowest BCUT2D eigenvalue weighted by Crippen LogP contribution is -2.11. The largest absolute Gasteiger partial charge is 0.455 e. The second kappa shape index (κ2) is 5.37. The highest BCUT2D eigenvalue weighted by Gasteiger charge is 2.11. The molecule has 3 N–H and O–H groups in total. The quantitative estimate of drug-likeness (QED) is 0.915. The number of benzene rings is 1. The number of nitrogens with one attached hydrogen (secondary N) is 1. The van der Waals surface area contributed by atoms with Crippen LogP contribution in [-0.4, -0.2) is 5.91 Å². The van der Waals surface area contributed by atoms with Gasteiger partial charge in [0.2, 0.25) is 0 Å². The molecule has 1 aromatic carbocycles. The first kappa shape index (κ1) is 12.9. The van der Waals surface area contributed by atoms with Crippen molar-refractivity contribution in [2.24, 2.45) is 5.73 Å². The van der Waals surface area contributed by atoms with E-state index in [0.717, 1.165) is 15.7 Å². The van der Waals surface area contributed by atoms with Crippen molar-refractivity contribution in [3.05, 3.63) is 51.9 Å². The molecule has 0 saturated heterocycles. The minimum Gasteiger partial charge on any atom is -0.455 e. The summed E-state index contributed by atoms with van der Waals surface area (Å²) in [5.41, 5.74) is 7.20. The average molecular weight is 309 g/mol. The molecule has 0 aliphatic carbocycles. The van der Waals surface area contributed by atoms with Gasteiger partial charge in [0, 0.05) is 10.2 Å². The van der Waals surface area contributed by atoms with Crippen molar-refractivity contribution < 1.29 is 9.21 Å². The van der Waals surface area contributed by atoms with Crippen molar-refractivity contribution in [2.45, 2.75) is 13.5 Å². The van der Waals surface area contributed by atoms with Crippen LogP contribution in [0.3, 0.4) is 0 Å². The summed E-state index contributed by atoms with van der Waals surface area (Å²) in [6.07, 6.45) is 0. The predicted molar refractivity (Wildman–Crippen MR) is 73.4 cm³/mol. The van der Waals surface area contributed by atoms with Gasteiger partial charge in [0.1, 0.15) is 5.76 Å². The number of carbonyl (C=O) groups is 1. The van der Waals surface area contributed by atoms with E-state index in [4.69, 9.17) is 10.2 Å². The van der Waals surface area contributed by atoms with Crippen LogP contribution < -0.4 is 11.1 Å². The first-order chi connectivity index (χ1) is 8.58. The lowest BCUT2D eigenvalue weighted by molar-refractivity contribution is 0.0995. The first-order valence-corrected chi connectivity index (χ1v) is 6.25. The van der Waals surface area contributed by atoms with Gasteiger partial charge in [0.15, 0.2) is 5.76 Å². The molecule has 18 heavy (non-hydrogen) atoms. The molecule has 1 aromatic heterocycles. The van der Waals surface area contributed by atoms with Crippen LogP contribution >= 0.6 is 15.9 Å². The molecule has 5 heteroatoms. The normalized spacial score (nSPS) is 10.4. The third-order valence-electron chi connectivity index (χ3n) is 2.39. The predicted octanol–water partition coefficient (Wildman–Crippen LogP) is 3.06. The number of hydrogen-bond donors (Lipinski definition) is 2. The summed E-state index contributed by atoms with van der Waals surface area (Å²) in [6, 6.07) is 8.99. The second-order valence-corrected chi connectivity index (χ2v) is 4.86. The van der Waals surface area contributed by atoms with Crippen molar-refractivity contribution >= 4 is 27.5 Å². The minimum atomic E-state index is -0.285. The third-order valence-corrected chi connectivity index (χ3v) is 2.84. The number of nitrogens with two attached hydrogens (primary N) is 1. The summed E-state index contributed by atoms with van der Waals surface area (Å²) in [5, 5.41) is 2.77. The smallest absolute Gasteiger partial charge is 0.291 e. The number of halogens is 1. The highest BCUT2D eigenvalue weighted by atomic mass is 79.9. The SMILES string of the molecule is Cc1cc(Br)cc(NC(=O)c2ccc(CN)o2)c1. The van der Waals surface area contributed by atoms with Crippen LogP contribution in [0.1, 0.15) is 21.9 Å². The highest BCUT2D eigenvalue weighted by Crippen LogP contribution is 2.20. The van der Waals surface area contributed by atoms with Crippen molar-refractivity contribution in [3.63, 3.8) is 0 Å². The Morgan fingerprint density at radius 2 is 2.17 bits per heavy atom. The number of rotatable bonds is 3. The number of aryl methyl sites for hydroxylation is 1. The van der Waals surface area contributed by atoms with E-state index >= 15 is 0 Å². The summed E-state index contributed by atoms with van der Waals surface area (Å²) in [4.78, 5) is 11.9. The van der Waals surface area contributed by atoms with Gasteiger partial charge in [0.05, 0.1) is 6.54 Å². The topological polar surface area (TPSA) is 68.3 Å². The summed E-state index contributed by atoms with van der Waals surface area (Å²) >= 11 is 3.38. The molecule has 4 nitrogen and oxygen atoms in total. The third kappa shape index (κ3) is 3.00. The molecule has 2 aromatic rings. The molecule has 1 amide bonds. The molecule has 0 spiro atoms. The Morgan fingerprint density at radius 1 is 1.39 bits per heavy atom. The van der Waals surface area contributed by atoms with Crippen LogP contribution in [0.2, 0.25) is 0 Å². The van der Waals surface area contributed by atoms with Gasteiger partial charge in [-0.2, -0.15) is 0 Å². The maximum Gasteiger partial charge on any atom is 0.291 e. The van der Waals surface area contributed by atoms with Crippen LogP contribution in [-0.2, 0) is 6.54 Å². The fourth-order valence-electron chi connectivity index (χ4n) is 1.61. The maximum atomic E-state index is 11.9. The number of hydrogen-bond acceptors (Lipinski definition) is 3. The van der Waals surface area contributed by atoms with E-state index < -0.39 is 0 Å². The molecule has 1 heterocycles. The number of carbonyl (C=O) groups excluding carboxylic acids is 1. The van der Waals surface area contributed by atoms with Gasteiger partial charge in [-0.15, -0.1) is 0 Å². The van der Waals surface area contributed by atoms with E-state index in [2.05, 4.69) is 21.2 Å². The zero-order valence-corrected chi connectivity index (χ0v) is 11.5. The minimum absolute atomic E-state index is 0.257. The molecule has 0 bridgehead atoms. The highest BCUT2D eigenvalue weighted by molar-refractivity contribution is 9.10. The molecule has 0 aliphatic rings. The van der Waals surface area contributed by atoms with Gasteiger partial charge in [-0.05, 0) is 42.8 Å². The Kier molecular flexibility index (Phi) is 3.84. The molecule has 0 unspecified atom stereocenters. The zero-order chi connectivity index (χ0) is 13.1. The van der Waals surface area contributed by atoms with Gasteiger partial charge in [0.25, 0.3) is 5.91 Å². The Hall–Kier alpha value is -1.59. The van der Waals surface area contributed by atoms with E-state index in [1.165, 1.54) is 0 Å². The van der Waals surface area contributed by atoms with Gasteiger partial charge in [-0.3, -0.25) is 4.79 Å².